The standard InChI is InChI=1S/C20H18O/c1-14-8-9-15(2)19-12-16(10-11-18(14)19)13-20(21)17-6-4-3-5-7-17/h3-12H,13H2,1-2H3. The highest BCUT2D eigenvalue weighted by molar-refractivity contribution is 5.98. The molecule has 0 N–H and O–H groups in total. The minimum atomic E-state index is 0.167. The number of carbonyl (C=O) groups excluding carboxylic acids is 1. The summed E-state index contributed by atoms with van der Waals surface area (Å²) in [6.07, 6.45) is 0.452. The van der Waals surface area contributed by atoms with Crippen molar-refractivity contribution >= 4 is 16.6 Å². The molecule has 0 aliphatic rings. The zero-order valence-corrected chi connectivity index (χ0v) is 12.4. The molecule has 0 bridgehead atoms. The zero-order valence-electron chi connectivity index (χ0n) is 12.4. The number of rotatable bonds is 3. The smallest absolute Gasteiger partial charge is 0.167 e. The van der Waals surface area contributed by atoms with Gasteiger partial charge in [0.2, 0.25) is 0 Å². The molecule has 0 heterocycles. The maximum absolute atomic E-state index is 12.3. The van der Waals surface area contributed by atoms with Crippen molar-refractivity contribution in [1.82, 2.24) is 0 Å². The predicted molar refractivity (Wildman–Crippen MR) is 87.9 cm³/mol. The number of Topliss-reactive ketones (excluding diaryl/α,β-unsaturated/α-hetero) is 1. The maximum Gasteiger partial charge on any atom is 0.167 e. The van der Waals surface area contributed by atoms with Gasteiger partial charge in [-0.3, -0.25) is 4.79 Å². The third-order valence-corrected chi connectivity index (χ3v) is 3.98. The molecule has 0 spiro atoms. The van der Waals surface area contributed by atoms with Gasteiger partial charge in [-0.05, 0) is 41.3 Å². The highest BCUT2D eigenvalue weighted by atomic mass is 16.1. The Morgan fingerprint density at radius 1 is 0.810 bits per heavy atom. The molecule has 0 fully saturated rings. The van der Waals surface area contributed by atoms with E-state index in [4.69, 9.17) is 0 Å². The molecule has 3 rings (SSSR count). The first kappa shape index (κ1) is 13.6. The van der Waals surface area contributed by atoms with Crippen molar-refractivity contribution in [2.45, 2.75) is 20.3 Å². The molecule has 104 valence electrons. The Hall–Kier alpha value is -2.41. The molecule has 0 radical (unpaired) electrons. The molecule has 0 unspecified atom stereocenters. The van der Waals surface area contributed by atoms with Gasteiger partial charge in [-0.2, -0.15) is 0 Å². The van der Waals surface area contributed by atoms with Gasteiger partial charge in [0.1, 0.15) is 0 Å². The highest BCUT2D eigenvalue weighted by Crippen LogP contribution is 2.24. The van der Waals surface area contributed by atoms with Crippen molar-refractivity contribution in [2.75, 3.05) is 0 Å². The number of benzene rings is 3. The molecule has 0 aliphatic heterocycles. The Balaban J connectivity index is 1.95. The summed E-state index contributed by atoms with van der Waals surface area (Å²) >= 11 is 0. The summed E-state index contributed by atoms with van der Waals surface area (Å²) in [6.45, 7) is 4.24. The SMILES string of the molecule is Cc1ccc(C)c2cc(CC(=O)c3ccccc3)ccc12. The van der Waals surface area contributed by atoms with E-state index in [1.165, 1.54) is 21.9 Å². The van der Waals surface area contributed by atoms with Crippen LogP contribution < -0.4 is 0 Å². The highest BCUT2D eigenvalue weighted by Gasteiger charge is 2.08. The second kappa shape index (κ2) is 5.53. The van der Waals surface area contributed by atoms with Crippen LogP contribution in [0.2, 0.25) is 0 Å². The van der Waals surface area contributed by atoms with Gasteiger partial charge in [0, 0.05) is 12.0 Å². The Kier molecular flexibility index (Phi) is 3.57. The minimum Gasteiger partial charge on any atom is -0.294 e. The predicted octanol–water partition coefficient (Wildman–Crippen LogP) is 4.88. The second-order valence-corrected chi connectivity index (χ2v) is 5.55. The number of fused-ring (bicyclic) bond motifs is 1. The van der Waals surface area contributed by atoms with Crippen LogP contribution in [0.1, 0.15) is 27.0 Å². The average Bonchev–Trinajstić information content (AvgIpc) is 2.52. The fourth-order valence-electron chi connectivity index (χ4n) is 2.71. The van der Waals surface area contributed by atoms with E-state index in [2.05, 4.69) is 44.2 Å². The Bertz CT molecular complexity index is 801. The quantitative estimate of drug-likeness (QED) is 0.622. The van der Waals surface area contributed by atoms with Gasteiger partial charge in [-0.1, -0.05) is 60.7 Å². The molecular formula is C20H18O. The van der Waals surface area contributed by atoms with Crippen LogP contribution >= 0.6 is 0 Å². The van der Waals surface area contributed by atoms with Crippen LogP contribution in [0.3, 0.4) is 0 Å². The first-order valence-electron chi connectivity index (χ1n) is 7.22. The van der Waals surface area contributed by atoms with E-state index in [1.807, 2.05) is 30.3 Å². The van der Waals surface area contributed by atoms with Gasteiger partial charge >= 0.3 is 0 Å². The van der Waals surface area contributed by atoms with Crippen molar-refractivity contribution < 1.29 is 4.79 Å². The minimum absolute atomic E-state index is 0.167. The molecule has 1 heteroatoms. The molecule has 0 amide bonds. The van der Waals surface area contributed by atoms with E-state index in [-0.39, 0.29) is 5.78 Å². The van der Waals surface area contributed by atoms with Crippen molar-refractivity contribution in [3.8, 4) is 0 Å². The number of hydrogen-bond acceptors (Lipinski definition) is 1. The second-order valence-electron chi connectivity index (χ2n) is 5.55. The summed E-state index contributed by atoms with van der Waals surface area (Å²) in [5.41, 5.74) is 4.38. The van der Waals surface area contributed by atoms with E-state index < -0.39 is 0 Å². The van der Waals surface area contributed by atoms with E-state index >= 15 is 0 Å². The molecule has 0 aliphatic carbocycles. The molecular weight excluding hydrogens is 256 g/mol. The fraction of sp³-hybridized carbons (Fsp3) is 0.150. The van der Waals surface area contributed by atoms with Gasteiger partial charge in [0.05, 0.1) is 0 Å². The lowest BCUT2D eigenvalue weighted by atomic mass is 9.96. The third kappa shape index (κ3) is 2.73. The molecule has 0 saturated heterocycles. The van der Waals surface area contributed by atoms with Crippen LogP contribution in [-0.4, -0.2) is 5.78 Å². The van der Waals surface area contributed by atoms with Crippen molar-refractivity contribution in [2.24, 2.45) is 0 Å². The molecule has 3 aromatic rings. The Labute approximate surface area is 125 Å². The molecule has 1 nitrogen and oxygen atoms in total. The number of ketones is 1. The van der Waals surface area contributed by atoms with E-state index in [1.54, 1.807) is 0 Å². The van der Waals surface area contributed by atoms with Gasteiger partial charge in [-0.25, -0.2) is 0 Å². The monoisotopic (exact) mass is 274 g/mol. The molecule has 0 atom stereocenters. The molecule has 21 heavy (non-hydrogen) atoms. The van der Waals surface area contributed by atoms with Gasteiger partial charge in [0.15, 0.2) is 5.78 Å². The summed E-state index contributed by atoms with van der Waals surface area (Å²) in [4.78, 5) is 12.3. The van der Waals surface area contributed by atoms with E-state index in [0.717, 1.165) is 11.1 Å². The van der Waals surface area contributed by atoms with Crippen LogP contribution in [0.5, 0.6) is 0 Å². The van der Waals surface area contributed by atoms with Gasteiger partial charge in [0.25, 0.3) is 0 Å². The lowest BCUT2D eigenvalue weighted by molar-refractivity contribution is 0.0993. The molecule has 0 aromatic heterocycles. The summed E-state index contributed by atoms with van der Waals surface area (Å²) in [6, 6.07) is 20.1. The van der Waals surface area contributed by atoms with Crippen LogP contribution in [-0.2, 0) is 6.42 Å². The topological polar surface area (TPSA) is 17.1 Å². The molecule has 3 aromatic carbocycles. The number of aryl methyl sites for hydroxylation is 2. The van der Waals surface area contributed by atoms with Crippen LogP contribution in [0.25, 0.3) is 10.8 Å². The first-order valence-corrected chi connectivity index (χ1v) is 7.22. The van der Waals surface area contributed by atoms with Crippen LogP contribution in [0.15, 0.2) is 60.7 Å². The van der Waals surface area contributed by atoms with Crippen LogP contribution in [0, 0.1) is 13.8 Å². The average molecular weight is 274 g/mol. The zero-order chi connectivity index (χ0) is 14.8. The first-order chi connectivity index (χ1) is 10.1. The summed E-state index contributed by atoms with van der Waals surface area (Å²) in [5.74, 6) is 0.167. The Morgan fingerprint density at radius 2 is 1.48 bits per heavy atom. The normalized spacial score (nSPS) is 10.8. The Morgan fingerprint density at radius 3 is 2.19 bits per heavy atom. The molecule has 0 saturated carbocycles. The van der Waals surface area contributed by atoms with Gasteiger partial charge < -0.3 is 0 Å². The van der Waals surface area contributed by atoms with Gasteiger partial charge in [-0.15, -0.1) is 0 Å². The van der Waals surface area contributed by atoms with E-state index in [0.29, 0.717) is 6.42 Å². The summed E-state index contributed by atoms with van der Waals surface area (Å²) in [7, 11) is 0. The fourth-order valence-corrected chi connectivity index (χ4v) is 2.71. The number of carbonyl (C=O) groups is 1. The lowest BCUT2D eigenvalue weighted by Crippen LogP contribution is -2.03. The van der Waals surface area contributed by atoms with Crippen molar-refractivity contribution in [3.63, 3.8) is 0 Å². The summed E-state index contributed by atoms with van der Waals surface area (Å²) < 4.78 is 0. The number of hydrogen-bond donors (Lipinski definition) is 0. The van der Waals surface area contributed by atoms with Crippen molar-refractivity contribution in [1.29, 1.82) is 0 Å². The third-order valence-electron chi connectivity index (χ3n) is 3.98. The van der Waals surface area contributed by atoms with Crippen molar-refractivity contribution in [3.05, 3.63) is 82.9 Å². The maximum atomic E-state index is 12.3. The summed E-state index contributed by atoms with van der Waals surface area (Å²) in [5, 5.41) is 2.51. The van der Waals surface area contributed by atoms with E-state index in [9.17, 15) is 4.79 Å². The largest absolute Gasteiger partial charge is 0.294 e. The lowest BCUT2D eigenvalue weighted by Gasteiger charge is -2.08. The van der Waals surface area contributed by atoms with Crippen LogP contribution in [0.4, 0.5) is 0 Å².